The molecule has 0 radical (unpaired) electrons. The predicted molar refractivity (Wildman–Crippen MR) is 123 cm³/mol. The number of ether oxygens (including phenoxy) is 1. The third-order valence-corrected chi connectivity index (χ3v) is 6.52. The zero-order valence-electron chi connectivity index (χ0n) is 18.0. The standard InChI is InChI=1S/C26H30N2O3/c1-27-15-26(16-27)17-28(18-26)12-22(30)14-31-23-10-21-4-2-3-5-24(21)25(11-23)20-8-6-19(13-29)7-9-20/h2-11,22,29-30H,12-18H2,1H3. The highest BCUT2D eigenvalue weighted by atomic mass is 16.5. The Bertz CT molecular complexity index is 1050. The summed E-state index contributed by atoms with van der Waals surface area (Å²) >= 11 is 0. The van der Waals surface area contributed by atoms with Crippen molar-refractivity contribution in [3.63, 3.8) is 0 Å². The number of rotatable bonds is 7. The molecular weight excluding hydrogens is 388 g/mol. The van der Waals surface area contributed by atoms with Crippen molar-refractivity contribution in [2.24, 2.45) is 5.41 Å². The summed E-state index contributed by atoms with van der Waals surface area (Å²) in [7, 11) is 2.16. The molecule has 5 heteroatoms. The van der Waals surface area contributed by atoms with E-state index in [2.05, 4.69) is 29.0 Å². The van der Waals surface area contributed by atoms with E-state index in [1.165, 1.54) is 13.1 Å². The first-order valence-electron chi connectivity index (χ1n) is 11.0. The Morgan fingerprint density at radius 1 is 1.00 bits per heavy atom. The van der Waals surface area contributed by atoms with Crippen LogP contribution >= 0.6 is 0 Å². The predicted octanol–water partition coefficient (Wildman–Crippen LogP) is 2.99. The molecule has 2 aliphatic heterocycles. The third-order valence-electron chi connectivity index (χ3n) is 6.52. The van der Waals surface area contributed by atoms with Crippen LogP contribution in [0.5, 0.6) is 5.75 Å². The normalized spacial score (nSPS) is 19.2. The van der Waals surface area contributed by atoms with Gasteiger partial charge in [0.1, 0.15) is 18.5 Å². The summed E-state index contributed by atoms with van der Waals surface area (Å²) in [6.45, 7) is 5.50. The first-order chi connectivity index (χ1) is 15.0. The third kappa shape index (κ3) is 4.19. The number of aliphatic hydroxyl groups excluding tert-OH is 2. The summed E-state index contributed by atoms with van der Waals surface area (Å²) in [5.74, 6) is 0.764. The largest absolute Gasteiger partial charge is 0.491 e. The number of likely N-dealkylation sites (tertiary alicyclic amines) is 2. The van der Waals surface area contributed by atoms with Crippen LogP contribution in [0.25, 0.3) is 21.9 Å². The molecule has 2 aliphatic rings. The topological polar surface area (TPSA) is 56.2 Å². The monoisotopic (exact) mass is 418 g/mol. The van der Waals surface area contributed by atoms with Crippen molar-refractivity contribution in [3.8, 4) is 16.9 Å². The number of β-amino-alcohol motifs (C(OH)–C–C–N with tert-alkyl or cyclic N) is 1. The molecular formula is C26H30N2O3. The average molecular weight is 419 g/mol. The molecule has 2 heterocycles. The molecule has 5 nitrogen and oxygen atoms in total. The van der Waals surface area contributed by atoms with Crippen LogP contribution in [0.2, 0.25) is 0 Å². The van der Waals surface area contributed by atoms with Crippen molar-refractivity contribution in [3.05, 3.63) is 66.2 Å². The zero-order chi connectivity index (χ0) is 21.4. The van der Waals surface area contributed by atoms with Gasteiger partial charge in [-0.3, -0.25) is 4.90 Å². The molecule has 3 aromatic carbocycles. The van der Waals surface area contributed by atoms with Crippen LogP contribution in [0.15, 0.2) is 60.7 Å². The van der Waals surface area contributed by atoms with E-state index in [1.807, 2.05) is 48.5 Å². The summed E-state index contributed by atoms with van der Waals surface area (Å²) in [4.78, 5) is 4.68. The van der Waals surface area contributed by atoms with Gasteiger partial charge in [0, 0.05) is 38.1 Å². The van der Waals surface area contributed by atoms with E-state index in [0.717, 1.165) is 46.3 Å². The van der Waals surface area contributed by atoms with Crippen molar-refractivity contribution in [2.45, 2.75) is 12.7 Å². The van der Waals surface area contributed by atoms with Crippen LogP contribution in [0.3, 0.4) is 0 Å². The first kappa shape index (κ1) is 20.5. The molecule has 0 saturated carbocycles. The van der Waals surface area contributed by atoms with Crippen LogP contribution in [0.4, 0.5) is 0 Å². The smallest absolute Gasteiger partial charge is 0.120 e. The van der Waals surface area contributed by atoms with Crippen molar-refractivity contribution < 1.29 is 14.9 Å². The lowest BCUT2D eigenvalue weighted by Crippen LogP contribution is -2.71. The Kier molecular flexibility index (Phi) is 5.44. The van der Waals surface area contributed by atoms with Crippen molar-refractivity contribution >= 4 is 10.8 Å². The van der Waals surface area contributed by atoms with Crippen LogP contribution in [0, 0.1) is 5.41 Å². The zero-order valence-corrected chi connectivity index (χ0v) is 18.0. The van der Waals surface area contributed by atoms with Gasteiger partial charge in [0.2, 0.25) is 0 Å². The molecule has 162 valence electrons. The lowest BCUT2D eigenvalue weighted by atomic mass is 9.73. The number of benzene rings is 3. The molecule has 31 heavy (non-hydrogen) atoms. The number of hydrogen-bond acceptors (Lipinski definition) is 5. The van der Waals surface area contributed by atoms with Crippen molar-refractivity contribution in [1.82, 2.24) is 9.80 Å². The fraction of sp³-hybridized carbons (Fsp3) is 0.385. The second-order valence-electron chi connectivity index (χ2n) is 9.35. The van der Waals surface area contributed by atoms with Crippen LogP contribution in [0.1, 0.15) is 5.56 Å². The molecule has 0 bridgehead atoms. The maximum Gasteiger partial charge on any atom is 0.120 e. The second kappa shape index (κ2) is 8.24. The lowest BCUT2D eigenvalue weighted by Gasteiger charge is -2.60. The van der Waals surface area contributed by atoms with Crippen LogP contribution in [-0.4, -0.2) is 72.5 Å². The minimum Gasteiger partial charge on any atom is -0.491 e. The van der Waals surface area contributed by atoms with E-state index in [0.29, 0.717) is 12.0 Å². The van der Waals surface area contributed by atoms with Gasteiger partial charge >= 0.3 is 0 Å². The molecule has 1 unspecified atom stereocenters. The van der Waals surface area contributed by atoms with Gasteiger partial charge in [0.05, 0.1) is 6.61 Å². The Hall–Kier alpha value is -2.44. The molecule has 0 amide bonds. The molecule has 2 N–H and O–H groups in total. The van der Waals surface area contributed by atoms with Gasteiger partial charge in [-0.2, -0.15) is 0 Å². The lowest BCUT2D eigenvalue weighted by molar-refractivity contribution is -0.116. The van der Waals surface area contributed by atoms with E-state index in [1.54, 1.807) is 0 Å². The fourth-order valence-corrected chi connectivity index (χ4v) is 5.27. The number of hydrogen-bond donors (Lipinski definition) is 2. The summed E-state index contributed by atoms with van der Waals surface area (Å²) in [5, 5.41) is 22.1. The summed E-state index contributed by atoms with van der Waals surface area (Å²) in [6.07, 6.45) is -0.506. The van der Waals surface area contributed by atoms with Gasteiger partial charge in [-0.25, -0.2) is 0 Å². The minimum absolute atomic E-state index is 0.0386. The number of fused-ring (bicyclic) bond motifs is 1. The van der Waals surface area contributed by atoms with E-state index >= 15 is 0 Å². The number of aliphatic hydroxyl groups is 2. The van der Waals surface area contributed by atoms with E-state index in [-0.39, 0.29) is 13.2 Å². The van der Waals surface area contributed by atoms with Gasteiger partial charge in [-0.15, -0.1) is 0 Å². The molecule has 0 aliphatic carbocycles. The van der Waals surface area contributed by atoms with Gasteiger partial charge < -0.3 is 19.8 Å². The maximum atomic E-state index is 10.5. The van der Waals surface area contributed by atoms with E-state index in [4.69, 9.17) is 4.74 Å². The summed E-state index contributed by atoms with van der Waals surface area (Å²) in [6, 6.07) is 20.3. The summed E-state index contributed by atoms with van der Waals surface area (Å²) < 4.78 is 6.04. The second-order valence-corrected chi connectivity index (χ2v) is 9.35. The highest BCUT2D eigenvalue weighted by Gasteiger charge is 2.50. The summed E-state index contributed by atoms with van der Waals surface area (Å²) in [5.41, 5.74) is 3.54. The molecule has 5 rings (SSSR count). The Labute approximate surface area is 183 Å². The van der Waals surface area contributed by atoms with Gasteiger partial charge in [-0.05, 0) is 46.6 Å². The Balaban J connectivity index is 1.27. The highest BCUT2D eigenvalue weighted by Crippen LogP contribution is 2.38. The van der Waals surface area contributed by atoms with E-state index < -0.39 is 6.10 Å². The van der Waals surface area contributed by atoms with Gasteiger partial charge in [-0.1, -0.05) is 48.5 Å². The maximum absolute atomic E-state index is 10.5. The van der Waals surface area contributed by atoms with Gasteiger partial charge in [0.25, 0.3) is 0 Å². The van der Waals surface area contributed by atoms with Crippen molar-refractivity contribution in [1.29, 1.82) is 0 Å². The van der Waals surface area contributed by atoms with Crippen LogP contribution in [-0.2, 0) is 6.61 Å². The fourth-order valence-electron chi connectivity index (χ4n) is 5.27. The van der Waals surface area contributed by atoms with Crippen molar-refractivity contribution in [2.75, 3.05) is 46.4 Å². The Morgan fingerprint density at radius 2 is 1.74 bits per heavy atom. The SMILES string of the molecule is CN1CC2(C1)CN(CC(O)COc1cc(-c3ccc(CO)cc3)c3ccccc3c1)C2. The molecule has 2 fully saturated rings. The van der Waals surface area contributed by atoms with E-state index in [9.17, 15) is 10.2 Å². The van der Waals surface area contributed by atoms with Gasteiger partial charge in [0.15, 0.2) is 0 Å². The number of nitrogens with zero attached hydrogens (tertiary/aromatic N) is 2. The molecule has 3 aromatic rings. The quantitative estimate of drug-likeness (QED) is 0.618. The highest BCUT2D eigenvalue weighted by molar-refractivity contribution is 5.97. The molecule has 1 atom stereocenters. The molecule has 2 saturated heterocycles. The average Bonchev–Trinajstić information content (AvgIpc) is 2.74. The van der Waals surface area contributed by atoms with Crippen LogP contribution < -0.4 is 4.74 Å². The minimum atomic E-state index is -0.506. The molecule has 1 spiro atoms. The molecule has 0 aromatic heterocycles. The first-order valence-corrected chi connectivity index (χ1v) is 11.0. The Morgan fingerprint density at radius 3 is 2.45 bits per heavy atom.